The molecule has 0 unspecified atom stereocenters. The maximum absolute atomic E-state index is 11.9. The first kappa shape index (κ1) is 19.3. The quantitative estimate of drug-likeness (QED) is 0.603. The van der Waals surface area contributed by atoms with Gasteiger partial charge in [0.1, 0.15) is 0 Å². The zero-order chi connectivity index (χ0) is 18.2. The smallest absolute Gasteiger partial charge is 0.241 e. The SMILES string of the molecule is CCc1nn(C)cc1CN=C(NCC(=O)N(C)C)NC1CCCCC1. The van der Waals surface area contributed by atoms with Gasteiger partial charge >= 0.3 is 0 Å². The highest BCUT2D eigenvalue weighted by atomic mass is 16.2. The Labute approximate surface area is 150 Å². The van der Waals surface area contributed by atoms with Crippen molar-refractivity contribution in [2.45, 2.75) is 58.0 Å². The summed E-state index contributed by atoms with van der Waals surface area (Å²) in [5.74, 6) is 0.752. The van der Waals surface area contributed by atoms with Crippen molar-refractivity contribution < 1.29 is 4.79 Å². The summed E-state index contributed by atoms with van der Waals surface area (Å²) in [6, 6.07) is 0.439. The van der Waals surface area contributed by atoms with Gasteiger partial charge in [-0.05, 0) is 19.3 Å². The molecule has 0 aliphatic heterocycles. The van der Waals surface area contributed by atoms with Crippen molar-refractivity contribution in [2.24, 2.45) is 12.0 Å². The Morgan fingerprint density at radius 3 is 2.72 bits per heavy atom. The Kier molecular flexibility index (Phi) is 7.28. The van der Waals surface area contributed by atoms with Crippen LogP contribution in [0, 0.1) is 0 Å². The zero-order valence-electron chi connectivity index (χ0n) is 16.0. The van der Waals surface area contributed by atoms with E-state index >= 15 is 0 Å². The first-order chi connectivity index (χ1) is 12.0. The van der Waals surface area contributed by atoms with Crippen LogP contribution in [0.15, 0.2) is 11.2 Å². The minimum absolute atomic E-state index is 0.0359. The topological polar surface area (TPSA) is 74.5 Å². The number of likely N-dealkylation sites (N-methyl/N-ethyl adjacent to an activating group) is 1. The Bertz CT molecular complexity index is 586. The lowest BCUT2D eigenvalue weighted by atomic mass is 9.96. The number of hydrogen-bond donors (Lipinski definition) is 2. The van der Waals surface area contributed by atoms with E-state index in [9.17, 15) is 4.79 Å². The number of rotatable bonds is 6. The second-order valence-electron chi connectivity index (χ2n) is 6.91. The molecule has 140 valence electrons. The summed E-state index contributed by atoms with van der Waals surface area (Å²) in [5, 5.41) is 11.2. The molecule has 1 aliphatic carbocycles. The first-order valence-electron chi connectivity index (χ1n) is 9.26. The maximum atomic E-state index is 11.9. The number of aromatic nitrogens is 2. The van der Waals surface area contributed by atoms with Crippen LogP contribution in [0.4, 0.5) is 0 Å². The minimum atomic E-state index is 0.0359. The molecule has 2 N–H and O–H groups in total. The van der Waals surface area contributed by atoms with Crippen molar-refractivity contribution in [3.05, 3.63) is 17.5 Å². The number of nitrogens with one attached hydrogen (secondary N) is 2. The van der Waals surface area contributed by atoms with E-state index in [1.54, 1.807) is 19.0 Å². The van der Waals surface area contributed by atoms with Gasteiger partial charge in [-0.1, -0.05) is 26.2 Å². The maximum Gasteiger partial charge on any atom is 0.241 e. The van der Waals surface area contributed by atoms with Crippen LogP contribution >= 0.6 is 0 Å². The van der Waals surface area contributed by atoms with Crippen LogP contribution in [-0.4, -0.2) is 53.2 Å². The fraction of sp³-hybridized carbons (Fsp3) is 0.722. The number of aliphatic imine (C=N–C) groups is 1. The molecule has 0 bridgehead atoms. The fourth-order valence-corrected chi connectivity index (χ4v) is 3.09. The predicted molar refractivity (Wildman–Crippen MR) is 100 cm³/mol. The molecule has 0 atom stereocenters. The summed E-state index contributed by atoms with van der Waals surface area (Å²) in [6.07, 6.45) is 9.06. The van der Waals surface area contributed by atoms with Gasteiger partial charge in [0.15, 0.2) is 5.96 Å². The van der Waals surface area contributed by atoms with Crippen molar-refractivity contribution in [1.29, 1.82) is 0 Å². The number of amides is 1. The molecule has 1 heterocycles. The van der Waals surface area contributed by atoms with Crippen LogP contribution in [0.25, 0.3) is 0 Å². The molecule has 0 spiro atoms. The number of nitrogens with zero attached hydrogens (tertiary/aromatic N) is 4. The lowest BCUT2D eigenvalue weighted by Crippen LogP contribution is -2.47. The Hall–Kier alpha value is -2.05. The van der Waals surface area contributed by atoms with E-state index < -0.39 is 0 Å². The number of hydrogen-bond acceptors (Lipinski definition) is 3. The van der Waals surface area contributed by atoms with Crippen molar-refractivity contribution >= 4 is 11.9 Å². The molecule has 0 aromatic carbocycles. The fourth-order valence-electron chi connectivity index (χ4n) is 3.09. The molecular formula is C18H32N6O. The van der Waals surface area contributed by atoms with E-state index in [1.807, 2.05) is 17.9 Å². The van der Waals surface area contributed by atoms with Crippen LogP contribution in [0.1, 0.15) is 50.3 Å². The molecular weight excluding hydrogens is 316 g/mol. The zero-order valence-corrected chi connectivity index (χ0v) is 16.0. The van der Waals surface area contributed by atoms with Crippen molar-refractivity contribution in [1.82, 2.24) is 25.3 Å². The van der Waals surface area contributed by atoms with Crippen LogP contribution < -0.4 is 10.6 Å². The summed E-state index contributed by atoms with van der Waals surface area (Å²) < 4.78 is 1.83. The molecule has 0 saturated heterocycles. The van der Waals surface area contributed by atoms with Crippen molar-refractivity contribution in [3.63, 3.8) is 0 Å². The van der Waals surface area contributed by atoms with Gasteiger partial charge in [-0.2, -0.15) is 5.10 Å². The summed E-state index contributed by atoms with van der Waals surface area (Å²) in [4.78, 5) is 18.2. The van der Waals surface area contributed by atoms with Crippen LogP contribution in [0.3, 0.4) is 0 Å². The molecule has 1 amide bonds. The summed E-state index contributed by atoms with van der Waals surface area (Å²) in [7, 11) is 5.46. The lowest BCUT2D eigenvalue weighted by Gasteiger charge is -2.25. The van der Waals surface area contributed by atoms with E-state index in [2.05, 4.69) is 22.7 Å². The number of carbonyl (C=O) groups is 1. The molecule has 7 heteroatoms. The van der Waals surface area contributed by atoms with Crippen LogP contribution in [-0.2, 0) is 24.8 Å². The van der Waals surface area contributed by atoms with Gasteiger partial charge in [0.25, 0.3) is 0 Å². The molecule has 1 aliphatic rings. The third kappa shape index (κ3) is 6.07. The number of guanidine groups is 1. The van der Waals surface area contributed by atoms with E-state index in [-0.39, 0.29) is 12.5 Å². The van der Waals surface area contributed by atoms with Gasteiger partial charge in [-0.3, -0.25) is 9.48 Å². The van der Waals surface area contributed by atoms with Gasteiger partial charge in [-0.15, -0.1) is 0 Å². The van der Waals surface area contributed by atoms with Gasteiger partial charge in [0, 0.05) is 38.9 Å². The predicted octanol–water partition coefficient (Wildman–Crippen LogP) is 1.44. The van der Waals surface area contributed by atoms with E-state index in [0.29, 0.717) is 18.5 Å². The van der Waals surface area contributed by atoms with Gasteiger partial charge < -0.3 is 15.5 Å². The van der Waals surface area contributed by atoms with Gasteiger partial charge in [0.05, 0.1) is 18.8 Å². The normalized spacial score (nSPS) is 15.9. The van der Waals surface area contributed by atoms with Gasteiger partial charge in [0.2, 0.25) is 5.91 Å². The third-order valence-corrected chi connectivity index (χ3v) is 4.59. The molecule has 7 nitrogen and oxygen atoms in total. The van der Waals surface area contributed by atoms with Crippen molar-refractivity contribution in [2.75, 3.05) is 20.6 Å². The Morgan fingerprint density at radius 2 is 2.08 bits per heavy atom. The Balaban J connectivity index is 2.04. The summed E-state index contributed by atoms with van der Waals surface area (Å²) in [5.41, 5.74) is 2.21. The second-order valence-corrected chi connectivity index (χ2v) is 6.91. The average Bonchev–Trinajstić information content (AvgIpc) is 2.97. The average molecular weight is 348 g/mol. The second kappa shape index (κ2) is 9.44. The summed E-state index contributed by atoms with van der Waals surface area (Å²) in [6.45, 7) is 2.92. The largest absolute Gasteiger partial charge is 0.354 e. The number of carbonyl (C=O) groups excluding carboxylic acids is 1. The molecule has 1 aromatic heterocycles. The van der Waals surface area contributed by atoms with E-state index in [4.69, 9.17) is 4.99 Å². The third-order valence-electron chi connectivity index (χ3n) is 4.59. The monoisotopic (exact) mass is 348 g/mol. The molecule has 2 rings (SSSR count). The lowest BCUT2D eigenvalue weighted by molar-refractivity contribution is -0.127. The molecule has 1 aromatic rings. The molecule has 1 fully saturated rings. The number of aryl methyl sites for hydroxylation is 2. The molecule has 1 saturated carbocycles. The first-order valence-corrected chi connectivity index (χ1v) is 9.26. The van der Waals surface area contributed by atoms with Crippen molar-refractivity contribution in [3.8, 4) is 0 Å². The van der Waals surface area contributed by atoms with Crippen LogP contribution in [0.5, 0.6) is 0 Å². The van der Waals surface area contributed by atoms with E-state index in [0.717, 1.165) is 30.5 Å². The Morgan fingerprint density at radius 1 is 1.36 bits per heavy atom. The highest BCUT2D eigenvalue weighted by molar-refractivity contribution is 5.86. The minimum Gasteiger partial charge on any atom is -0.354 e. The van der Waals surface area contributed by atoms with Gasteiger partial charge in [-0.25, -0.2) is 4.99 Å². The van der Waals surface area contributed by atoms with Crippen LogP contribution in [0.2, 0.25) is 0 Å². The summed E-state index contributed by atoms with van der Waals surface area (Å²) >= 11 is 0. The van der Waals surface area contributed by atoms with E-state index in [1.165, 1.54) is 19.3 Å². The molecule has 0 radical (unpaired) electrons. The molecule has 25 heavy (non-hydrogen) atoms. The highest BCUT2D eigenvalue weighted by Gasteiger charge is 2.16. The highest BCUT2D eigenvalue weighted by Crippen LogP contribution is 2.17. The standard InChI is InChI=1S/C18H32N6O/c1-5-16-14(13-24(4)22-16)11-19-18(20-12-17(25)23(2)3)21-15-9-7-6-8-10-15/h13,15H,5-12H2,1-4H3,(H2,19,20,21).